The molecule has 0 N–H and O–H groups in total. The van der Waals surface area contributed by atoms with Crippen LogP contribution in [0.2, 0.25) is 0 Å². The third-order valence-electron chi connectivity index (χ3n) is 3.98. The predicted molar refractivity (Wildman–Crippen MR) is 93.9 cm³/mol. The zero-order valence-electron chi connectivity index (χ0n) is 13.1. The van der Waals surface area contributed by atoms with Crippen LogP contribution in [0, 0.1) is 12.7 Å². The van der Waals surface area contributed by atoms with Crippen molar-refractivity contribution in [1.29, 1.82) is 0 Å². The molecule has 1 unspecified atom stereocenters. The number of rotatable bonds is 3. The van der Waals surface area contributed by atoms with Gasteiger partial charge in [-0.15, -0.1) is 11.3 Å². The highest BCUT2D eigenvalue weighted by molar-refractivity contribution is 7.13. The largest absolute Gasteiger partial charge is 0.265 e. The lowest BCUT2D eigenvalue weighted by atomic mass is 9.99. The van der Waals surface area contributed by atoms with E-state index in [9.17, 15) is 4.39 Å². The van der Waals surface area contributed by atoms with Crippen LogP contribution in [0.3, 0.4) is 0 Å². The van der Waals surface area contributed by atoms with E-state index in [-0.39, 0.29) is 11.9 Å². The Hall–Kier alpha value is -2.60. The molecule has 0 radical (unpaired) electrons. The number of aromatic nitrogens is 2. The Morgan fingerprint density at radius 3 is 2.54 bits per heavy atom. The standard InChI is InChI=1S/C18H15FN4S/c1-12-11-24-18(21-12)23-17(14-2-4-15(19)5-3-14)10-16(22-23)13-6-8-20-9-7-13/h2-9,11,17H,10H2,1H3. The fourth-order valence-corrected chi connectivity index (χ4v) is 3.60. The molecule has 1 atom stereocenters. The Morgan fingerprint density at radius 1 is 1.12 bits per heavy atom. The maximum Gasteiger partial charge on any atom is 0.206 e. The summed E-state index contributed by atoms with van der Waals surface area (Å²) >= 11 is 1.57. The molecule has 1 aliphatic rings. The van der Waals surface area contributed by atoms with E-state index >= 15 is 0 Å². The quantitative estimate of drug-likeness (QED) is 0.713. The average Bonchev–Trinajstić information content (AvgIpc) is 3.23. The molecule has 120 valence electrons. The van der Waals surface area contributed by atoms with Crippen LogP contribution in [0.5, 0.6) is 0 Å². The molecule has 0 fully saturated rings. The Labute approximate surface area is 143 Å². The summed E-state index contributed by atoms with van der Waals surface area (Å²) < 4.78 is 13.3. The topological polar surface area (TPSA) is 41.4 Å². The van der Waals surface area contributed by atoms with E-state index in [0.717, 1.165) is 34.1 Å². The van der Waals surface area contributed by atoms with Crippen LogP contribution in [0.25, 0.3) is 0 Å². The first-order valence-electron chi connectivity index (χ1n) is 7.65. The summed E-state index contributed by atoms with van der Waals surface area (Å²) in [5, 5.41) is 9.61. The lowest BCUT2D eigenvalue weighted by molar-refractivity contribution is 0.624. The zero-order chi connectivity index (χ0) is 16.5. The summed E-state index contributed by atoms with van der Waals surface area (Å²) in [6.45, 7) is 1.97. The minimum Gasteiger partial charge on any atom is -0.265 e. The van der Waals surface area contributed by atoms with E-state index < -0.39 is 0 Å². The number of anilines is 1. The Morgan fingerprint density at radius 2 is 1.88 bits per heavy atom. The molecule has 0 amide bonds. The molecule has 4 nitrogen and oxygen atoms in total. The molecule has 1 aromatic carbocycles. The summed E-state index contributed by atoms with van der Waals surface area (Å²) in [4.78, 5) is 8.63. The monoisotopic (exact) mass is 338 g/mol. The summed E-state index contributed by atoms with van der Waals surface area (Å²) in [5.74, 6) is -0.233. The van der Waals surface area contributed by atoms with Crippen molar-refractivity contribution >= 4 is 22.2 Å². The molecule has 0 saturated carbocycles. The van der Waals surface area contributed by atoms with Crippen LogP contribution < -0.4 is 5.01 Å². The summed E-state index contributed by atoms with van der Waals surface area (Å²) in [6.07, 6.45) is 4.27. The number of pyridine rings is 1. The zero-order valence-corrected chi connectivity index (χ0v) is 13.9. The fraction of sp³-hybridized carbons (Fsp3) is 0.167. The molecule has 4 rings (SSSR count). The molecule has 2 aromatic heterocycles. The molecule has 1 aliphatic heterocycles. The van der Waals surface area contributed by atoms with Gasteiger partial charge in [0.05, 0.1) is 17.4 Å². The first kappa shape index (κ1) is 15.0. The molecule has 24 heavy (non-hydrogen) atoms. The first-order chi connectivity index (χ1) is 11.7. The molecule has 0 saturated heterocycles. The van der Waals surface area contributed by atoms with Crippen molar-refractivity contribution in [1.82, 2.24) is 9.97 Å². The van der Waals surface area contributed by atoms with Gasteiger partial charge in [-0.05, 0) is 36.8 Å². The van der Waals surface area contributed by atoms with Crippen molar-refractivity contribution in [2.24, 2.45) is 5.10 Å². The van der Waals surface area contributed by atoms with Crippen molar-refractivity contribution in [2.45, 2.75) is 19.4 Å². The predicted octanol–water partition coefficient (Wildman–Crippen LogP) is 4.34. The van der Waals surface area contributed by atoms with Gasteiger partial charge in [0.2, 0.25) is 5.13 Å². The van der Waals surface area contributed by atoms with Crippen LogP contribution >= 0.6 is 11.3 Å². The highest BCUT2D eigenvalue weighted by atomic mass is 32.1. The third-order valence-corrected chi connectivity index (χ3v) is 4.93. The smallest absolute Gasteiger partial charge is 0.206 e. The molecule has 6 heteroatoms. The van der Waals surface area contributed by atoms with E-state index in [1.807, 2.05) is 41.6 Å². The van der Waals surface area contributed by atoms with E-state index in [0.29, 0.717) is 0 Å². The molecule has 0 bridgehead atoms. The molecule has 0 aliphatic carbocycles. The molecular weight excluding hydrogens is 323 g/mol. The highest BCUT2D eigenvalue weighted by Gasteiger charge is 2.31. The number of hydrogen-bond acceptors (Lipinski definition) is 5. The fourth-order valence-electron chi connectivity index (χ4n) is 2.80. The van der Waals surface area contributed by atoms with Gasteiger partial charge in [0.25, 0.3) is 0 Å². The molecule has 3 heterocycles. The van der Waals surface area contributed by atoms with Gasteiger partial charge in [0.1, 0.15) is 5.82 Å². The highest BCUT2D eigenvalue weighted by Crippen LogP contribution is 2.37. The van der Waals surface area contributed by atoms with Crippen LogP contribution in [0.4, 0.5) is 9.52 Å². The van der Waals surface area contributed by atoms with E-state index in [1.165, 1.54) is 12.1 Å². The van der Waals surface area contributed by atoms with Gasteiger partial charge < -0.3 is 0 Å². The van der Waals surface area contributed by atoms with Gasteiger partial charge in [0, 0.05) is 29.8 Å². The lowest BCUT2D eigenvalue weighted by Gasteiger charge is -2.21. The van der Waals surface area contributed by atoms with Gasteiger partial charge in [-0.2, -0.15) is 5.10 Å². The number of aryl methyl sites for hydroxylation is 1. The van der Waals surface area contributed by atoms with Crippen molar-refractivity contribution in [3.63, 3.8) is 0 Å². The average molecular weight is 338 g/mol. The SMILES string of the molecule is Cc1csc(N2N=C(c3ccncc3)CC2c2ccc(F)cc2)n1. The van der Waals surface area contributed by atoms with Crippen LogP contribution in [0.1, 0.15) is 29.3 Å². The summed E-state index contributed by atoms with van der Waals surface area (Å²) in [6, 6.07) is 10.5. The molecule has 3 aromatic rings. The second-order valence-electron chi connectivity index (χ2n) is 5.67. The van der Waals surface area contributed by atoms with Gasteiger partial charge in [-0.3, -0.25) is 4.98 Å². The van der Waals surface area contributed by atoms with E-state index in [2.05, 4.69) is 9.97 Å². The van der Waals surface area contributed by atoms with Crippen molar-refractivity contribution in [3.05, 3.63) is 76.8 Å². The second-order valence-corrected chi connectivity index (χ2v) is 6.51. The van der Waals surface area contributed by atoms with Gasteiger partial charge >= 0.3 is 0 Å². The van der Waals surface area contributed by atoms with Gasteiger partial charge in [0.15, 0.2) is 0 Å². The van der Waals surface area contributed by atoms with Crippen molar-refractivity contribution in [3.8, 4) is 0 Å². The maximum atomic E-state index is 13.3. The number of benzene rings is 1. The molecule has 0 spiro atoms. The van der Waals surface area contributed by atoms with Gasteiger partial charge in [-0.1, -0.05) is 12.1 Å². The normalized spacial score (nSPS) is 17.2. The van der Waals surface area contributed by atoms with Crippen molar-refractivity contribution < 1.29 is 4.39 Å². The van der Waals surface area contributed by atoms with Crippen LogP contribution in [0.15, 0.2) is 59.3 Å². The Balaban J connectivity index is 1.74. The third kappa shape index (κ3) is 2.80. The lowest BCUT2D eigenvalue weighted by Crippen LogP contribution is -2.18. The van der Waals surface area contributed by atoms with Crippen molar-refractivity contribution in [2.75, 3.05) is 5.01 Å². The number of thiazole rings is 1. The number of halogens is 1. The van der Waals surface area contributed by atoms with E-state index in [4.69, 9.17) is 5.10 Å². The number of hydrazone groups is 1. The Bertz CT molecular complexity index is 874. The summed E-state index contributed by atoms with van der Waals surface area (Å²) in [5.41, 5.74) is 4.03. The van der Waals surface area contributed by atoms with Gasteiger partial charge in [-0.25, -0.2) is 14.4 Å². The molecular formula is C18H15FN4S. The number of nitrogens with zero attached hydrogens (tertiary/aromatic N) is 4. The Kier molecular flexibility index (Phi) is 3.82. The maximum absolute atomic E-state index is 13.3. The second kappa shape index (κ2) is 6.13. The number of hydrogen-bond donors (Lipinski definition) is 0. The first-order valence-corrected chi connectivity index (χ1v) is 8.53. The minimum absolute atomic E-state index is 0.0133. The van der Waals surface area contributed by atoms with Crippen LogP contribution in [-0.2, 0) is 0 Å². The van der Waals surface area contributed by atoms with Crippen LogP contribution in [-0.4, -0.2) is 15.7 Å². The minimum atomic E-state index is -0.233. The van der Waals surface area contributed by atoms with E-state index in [1.54, 1.807) is 23.7 Å². The summed E-state index contributed by atoms with van der Waals surface area (Å²) in [7, 11) is 0.